The molecule has 1 saturated heterocycles. The maximum Gasteiger partial charge on any atom is 0.501 e. The molecule has 2 rings (SSSR count). The number of nitrogens with zero attached hydrogens (tertiary/aromatic N) is 1. The first-order chi connectivity index (χ1) is 11.2. The second-order valence-corrected chi connectivity index (χ2v) is 7.94. The molecule has 0 aliphatic carbocycles. The highest BCUT2D eigenvalue weighted by atomic mass is 32.2. The number of benzene rings is 1. The number of methoxy groups -OCH3 is 1. The summed E-state index contributed by atoms with van der Waals surface area (Å²) in [5.74, 6) is 0.0761. The molecule has 24 heavy (non-hydrogen) atoms. The van der Waals surface area contributed by atoms with Crippen LogP contribution in [0.5, 0.6) is 0 Å². The van der Waals surface area contributed by atoms with Crippen LogP contribution >= 0.6 is 0 Å². The normalized spacial score (nSPS) is 18.0. The molecule has 4 nitrogen and oxygen atoms in total. The number of hydrogen-bond acceptors (Lipinski definition) is 4. The Morgan fingerprint density at radius 2 is 1.88 bits per heavy atom. The van der Waals surface area contributed by atoms with E-state index >= 15 is 0 Å². The monoisotopic (exact) mass is 365 g/mol. The first kappa shape index (κ1) is 19.2. The second-order valence-electron chi connectivity index (χ2n) is 6.03. The molecule has 0 aromatic heterocycles. The van der Waals surface area contributed by atoms with Gasteiger partial charge in [-0.3, -0.25) is 0 Å². The summed E-state index contributed by atoms with van der Waals surface area (Å²) in [4.78, 5) is 1.61. The van der Waals surface area contributed by atoms with Crippen LogP contribution in [0.15, 0.2) is 23.1 Å². The highest BCUT2D eigenvalue weighted by Crippen LogP contribution is 2.37. The topological polar surface area (TPSA) is 46.6 Å². The number of rotatable bonds is 5. The van der Waals surface area contributed by atoms with E-state index < -0.39 is 20.2 Å². The van der Waals surface area contributed by atoms with Crippen molar-refractivity contribution >= 4 is 9.84 Å². The average Bonchev–Trinajstić information content (AvgIpc) is 2.52. The van der Waals surface area contributed by atoms with Crippen molar-refractivity contribution in [3.63, 3.8) is 0 Å². The van der Waals surface area contributed by atoms with Crippen molar-refractivity contribution in [1.82, 2.24) is 4.90 Å². The molecule has 1 aliphatic rings. The zero-order chi connectivity index (χ0) is 18.0. The van der Waals surface area contributed by atoms with Crippen molar-refractivity contribution < 1.29 is 26.3 Å². The molecule has 0 N–H and O–H groups in total. The Morgan fingerprint density at radius 3 is 2.42 bits per heavy atom. The van der Waals surface area contributed by atoms with Gasteiger partial charge in [-0.05, 0) is 56.0 Å². The van der Waals surface area contributed by atoms with Gasteiger partial charge in [0.25, 0.3) is 9.84 Å². The fraction of sp³-hybridized carbons (Fsp3) is 0.625. The third-order valence-corrected chi connectivity index (χ3v) is 6.19. The van der Waals surface area contributed by atoms with Gasteiger partial charge in [0.1, 0.15) is 0 Å². The van der Waals surface area contributed by atoms with Crippen LogP contribution in [0.3, 0.4) is 0 Å². The molecule has 1 heterocycles. The molecular formula is C16H22F3NO3S. The quantitative estimate of drug-likeness (QED) is 0.804. The van der Waals surface area contributed by atoms with Gasteiger partial charge in [0, 0.05) is 13.7 Å². The van der Waals surface area contributed by atoms with Gasteiger partial charge in [0.05, 0.1) is 11.5 Å². The Balaban J connectivity index is 2.21. The SMILES string of the molecule is COCCN1CCC(c2cccc(S(=O)(=O)C(F)(F)F)c2C)CC1. The van der Waals surface area contributed by atoms with Crippen molar-refractivity contribution in [2.75, 3.05) is 33.4 Å². The Bertz CT molecular complexity index is 666. The number of halogens is 3. The van der Waals surface area contributed by atoms with Crippen LogP contribution in [0.1, 0.15) is 29.9 Å². The molecule has 1 aromatic rings. The molecule has 0 spiro atoms. The number of piperidine rings is 1. The van der Waals surface area contributed by atoms with Gasteiger partial charge in [-0.2, -0.15) is 13.2 Å². The van der Waals surface area contributed by atoms with E-state index in [1.807, 2.05) is 0 Å². The third-order valence-electron chi connectivity index (χ3n) is 4.56. The Morgan fingerprint density at radius 1 is 1.25 bits per heavy atom. The van der Waals surface area contributed by atoms with Crippen LogP contribution < -0.4 is 0 Å². The van der Waals surface area contributed by atoms with Crippen LogP contribution in [-0.4, -0.2) is 52.2 Å². The van der Waals surface area contributed by atoms with Crippen LogP contribution in [0.2, 0.25) is 0 Å². The van der Waals surface area contributed by atoms with Crippen LogP contribution in [0, 0.1) is 6.92 Å². The van der Waals surface area contributed by atoms with E-state index in [1.54, 1.807) is 13.2 Å². The van der Waals surface area contributed by atoms with Crippen LogP contribution in [-0.2, 0) is 14.6 Å². The highest BCUT2D eigenvalue weighted by molar-refractivity contribution is 7.92. The van der Waals surface area contributed by atoms with Crippen molar-refractivity contribution in [2.24, 2.45) is 0 Å². The van der Waals surface area contributed by atoms with Gasteiger partial charge in [0.2, 0.25) is 0 Å². The number of sulfone groups is 1. The van der Waals surface area contributed by atoms with E-state index in [2.05, 4.69) is 4.90 Å². The molecule has 1 aromatic carbocycles. The largest absolute Gasteiger partial charge is 0.501 e. The number of ether oxygens (including phenoxy) is 1. The lowest BCUT2D eigenvalue weighted by atomic mass is 9.87. The highest BCUT2D eigenvalue weighted by Gasteiger charge is 2.47. The zero-order valence-electron chi connectivity index (χ0n) is 13.8. The molecule has 0 atom stereocenters. The molecule has 136 valence electrons. The summed E-state index contributed by atoms with van der Waals surface area (Å²) in [7, 11) is -3.68. The maximum atomic E-state index is 12.8. The minimum atomic E-state index is -5.32. The van der Waals surface area contributed by atoms with E-state index in [9.17, 15) is 21.6 Å². The van der Waals surface area contributed by atoms with Crippen LogP contribution in [0.4, 0.5) is 13.2 Å². The summed E-state index contributed by atoms with van der Waals surface area (Å²) >= 11 is 0. The fourth-order valence-electron chi connectivity index (χ4n) is 3.18. The van der Waals surface area contributed by atoms with Gasteiger partial charge in [-0.25, -0.2) is 8.42 Å². The van der Waals surface area contributed by atoms with E-state index in [0.29, 0.717) is 12.2 Å². The molecule has 1 aliphatic heterocycles. The predicted molar refractivity (Wildman–Crippen MR) is 84.7 cm³/mol. The van der Waals surface area contributed by atoms with Crippen LogP contribution in [0.25, 0.3) is 0 Å². The van der Waals surface area contributed by atoms with Gasteiger partial charge in [-0.15, -0.1) is 0 Å². The lowest BCUT2D eigenvalue weighted by Crippen LogP contribution is -2.35. The summed E-state index contributed by atoms with van der Waals surface area (Å²) in [5, 5.41) is 0. The molecule has 0 saturated carbocycles. The first-order valence-electron chi connectivity index (χ1n) is 7.80. The van der Waals surface area contributed by atoms with Crippen molar-refractivity contribution in [3.05, 3.63) is 29.3 Å². The first-order valence-corrected chi connectivity index (χ1v) is 9.29. The summed E-state index contributed by atoms with van der Waals surface area (Å²) in [6.45, 7) is 4.58. The zero-order valence-corrected chi connectivity index (χ0v) is 14.6. The summed E-state index contributed by atoms with van der Waals surface area (Å²) in [6.07, 6.45) is 1.58. The summed E-state index contributed by atoms with van der Waals surface area (Å²) in [6, 6.07) is 4.17. The number of alkyl halides is 3. The lowest BCUT2D eigenvalue weighted by molar-refractivity contribution is -0.0436. The smallest absolute Gasteiger partial charge is 0.383 e. The Hall–Kier alpha value is -1.12. The molecule has 0 radical (unpaired) electrons. The van der Waals surface area contributed by atoms with E-state index in [0.717, 1.165) is 38.5 Å². The average molecular weight is 365 g/mol. The second kappa shape index (κ2) is 7.41. The maximum absolute atomic E-state index is 12.8. The summed E-state index contributed by atoms with van der Waals surface area (Å²) < 4.78 is 67.0. The molecule has 0 amide bonds. The van der Waals surface area contributed by atoms with E-state index in [-0.39, 0.29) is 11.5 Å². The number of hydrogen-bond donors (Lipinski definition) is 0. The molecule has 8 heteroatoms. The standard InChI is InChI=1S/C16H22F3NO3S/c1-12-14(13-6-8-20(9-7-13)10-11-23-2)4-3-5-15(12)24(21,22)16(17,18)19/h3-5,13H,6-11H2,1-2H3. The van der Waals surface area contributed by atoms with Crippen molar-refractivity contribution in [2.45, 2.75) is 36.1 Å². The van der Waals surface area contributed by atoms with Gasteiger partial charge in [0.15, 0.2) is 0 Å². The minimum Gasteiger partial charge on any atom is -0.383 e. The molecule has 0 bridgehead atoms. The van der Waals surface area contributed by atoms with Crippen molar-refractivity contribution in [3.8, 4) is 0 Å². The molecular weight excluding hydrogens is 343 g/mol. The fourth-order valence-corrected chi connectivity index (χ4v) is 4.21. The number of likely N-dealkylation sites (tertiary alicyclic amines) is 1. The van der Waals surface area contributed by atoms with Gasteiger partial charge < -0.3 is 9.64 Å². The van der Waals surface area contributed by atoms with E-state index in [1.165, 1.54) is 13.0 Å². The Labute approximate surface area is 140 Å². The van der Waals surface area contributed by atoms with Gasteiger partial charge in [-0.1, -0.05) is 12.1 Å². The molecule has 0 unspecified atom stereocenters. The third kappa shape index (κ3) is 3.92. The van der Waals surface area contributed by atoms with Crippen molar-refractivity contribution in [1.29, 1.82) is 0 Å². The summed E-state index contributed by atoms with van der Waals surface area (Å²) in [5.41, 5.74) is -4.36. The van der Waals surface area contributed by atoms with Gasteiger partial charge >= 0.3 is 5.51 Å². The minimum absolute atomic E-state index is 0.0761. The molecule has 1 fully saturated rings. The lowest BCUT2D eigenvalue weighted by Gasteiger charge is -2.32. The van der Waals surface area contributed by atoms with E-state index in [4.69, 9.17) is 4.74 Å². The predicted octanol–water partition coefficient (Wildman–Crippen LogP) is 3.11. The Kier molecular flexibility index (Phi) is 5.93.